The number of aromatic nitrogens is 1. The van der Waals surface area contributed by atoms with Crippen LogP contribution < -0.4 is 4.90 Å². The number of pyridine rings is 1. The fraction of sp³-hybridized carbons (Fsp3) is 0.150. The third kappa shape index (κ3) is 2.73. The van der Waals surface area contributed by atoms with E-state index in [-0.39, 0.29) is 0 Å². The molecule has 0 unspecified atom stereocenters. The Morgan fingerprint density at radius 1 is 0.818 bits per heavy atom. The minimum atomic E-state index is 1.02. The molecule has 2 heteroatoms. The summed E-state index contributed by atoms with van der Waals surface area (Å²) in [5.41, 5.74) is 7.12. The summed E-state index contributed by atoms with van der Waals surface area (Å²) in [6.07, 6.45) is 1.85. The van der Waals surface area contributed by atoms with Crippen molar-refractivity contribution in [3.05, 3.63) is 72.4 Å². The van der Waals surface area contributed by atoms with E-state index in [2.05, 4.69) is 79.4 Å². The molecule has 3 aromatic rings. The summed E-state index contributed by atoms with van der Waals surface area (Å²) in [6.45, 7) is 2.14. The average molecular weight is 288 g/mol. The van der Waals surface area contributed by atoms with Gasteiger partial charge in [0.2, 0.25) is 0 Å². The maximum atomic E-state index is 4.53. The van der Waals surface area contributed by atoms with Gasteiger partial charge in [0.15, 0.2) is 0 Å². The van der Waals surface area contributed by atoms with Crippen LogP contribution in [0, 0.1) is 6.92 Å². The van der Waals surface area contributed by atoms with Crippen molar-refractivity contribution in [2.24, 2.45) is 0 Å². The van der Waals surface area contributed by atoms with E-state index in [1.165, 1.54) is 27.9 Å². The van der Waals surface area contributed by atoms with Gasteiger partial charge in [-0.05, 0) is 47.9 Å². The SMILES string of the molecule is Cc1cccc(-c2ccc(N(C)C)cc2)c1-c1ccccn1. The molecule has 0 aliphatic carbocycles. The summed E-state index contributed by atoms with van der Waals surface area (Å²) in [7, 11) is 4.11. The van der Waals surface area contributed by atoms with Crippen LogP contribution in [0.4, 0.5) is 5.69 Å². The predicted molar refractivity (Wildman–Crippen MR) is 94.2 cm³/mol. The number of benzene rings is 2. The van der Waals surface area contributed by atoms with E-state index in [0.29, 0.717) is 0 Å². The number of aryl methyl sites for hydroxylation is 1. The summed E-state index contributed by atoms with van der Waals surface area (Å²) < 4.78 is 0. The van der Waals surface area contributed by atoms with Crippen molar-refractivity contribution in [2.75, 3.05) is 19.0 Å². The highest BCUT2D eigenvalue weighted by molar-refractivity contribution is 5.84. The maximum Gasteiger partial charge on any atom is 0.0710 e. The van der Waals surface area contributed by atoms with Crippen LogP contribution in [0.15, 0.2) is 66.9 Å². The molecule has 0 bridgehead atoms. The molecule has 2 nitrogen and oxygen atoms in total. The first-order valence-corrected chi connectivity index (χ1v) is 7.45. The third-order valence-electron chi connectivity index (χ3n) is 3.89. The zero-order chi connectivity index (χ0) is 15.5. The summed E-state index contributed by atoms with van der Waals surface area (Å²) >= 11 is 0. The Hall–Kier alpha value is -2.61. The monoisotopic (exact) mass is 288 g/mol. The standard InChI is InChI=1S/C20H20N2/c1-15-7-6-8-18(20(15)19-9-4-5-14-21-19)16-10-12-17(13-11-16)22(2)3/h4-14H,1-3H3. The van der Waals surface area contributed by atoms with E-state index < -0.39 is 0 Å². The zero-order valence-electron chi connectivity index (χ0n) is 13.2. The summed E-state index contributed by atoms with van der Waals surface area (Å²) in [6, 6.07) is 21.1. The van der Waals surface area contributed by atoms with Gasteiger partial charge >= 0.3 is 0 Å². The van der Waals surface area contributed by atoms with Crippen molar-refractivity contribution in [1.29, 1.82) is 0 Å². The molecule has 0 saturated carbocycles. The van der Waals surface area contributed by atoms with Crippen molar-refractivity contribution < 1.29 is 0 Å². The van der Waals surface area contributed by atoms with Gasteiger partial charge in [-0.25, -0.2) is 0 Å². The lowest BCUT2D eigenvalue weighted by Gasteiger charge is -2.15. The molecule has 0 aliphatic heterocycles. The lowest BCUT2D eigenvalue weighted by atomic mass is 9.93. The number of nitrogens with zero attached hydrogens (tertiary/aromatic N) is 2. The number of hydrogen-bond donors (Lipinski definition) is 0. The van der Waals surface area contributed by atoms with E-state index in [0.717, 1.165) is 5.69 Å². The predicted octanol–water partition coefficient (Wildman–Crippen LogP) is 4.79. The molecule has 0 spiro atoms. The van der Waals surface area contributed by atoms with Gasteiger partial charge in [0, 0.05) is 31.5 Å². The first-order valence-electron chi connectivity index (χ1n) is 7.45. The van der Waals surface area contributed by atoms with Gasteiger partial charge in [-0.1, -0.05) is 36.4 Å². The lowest BCUT2D eigenvalue weighted by Crippen LogP contribution is -2.07. The van der Waals surface area contributed by atoms with E-state index in [4.69, 9.17) is 0 Å². The maximum absolute atomic E-state index is 4.53. The van der Waals surface area contributed by atoms with E-state index in [1.807, 2.05) is 18.3 Å². The van der Waals surface area contributed by atoms with Gasteiger partial charge in [-0.3, -0.25) is 4.98 Å². The van der Waals surface area contributed by atoms with Crippen molar-refractivity contribution in [3.8, 4) is 22.4 Å². The molecule has 2 aromatic carbocycles. The van der Waals surface area contributed by atoms with Crippen molar-refractivity contribution in [1.82, 2.24) is 4.98 Å². The molecule has 0 N–H and O–H groups in total. The molecular formula is C20H20N2. The molecule has 0 fully saturated rings. The lowest BCUT2D eigenvalue weighted by molar-refractivity contribution is 1.13. The van der Waals surface area contributed by atoms with Crippen LogP contribution in [0.1, 0.15) is 5.56 Å². The Balaban J connectivity index is 2.13. The van der Waals surface area contributed by atoms with Crippen molar-refractivity contribution in [3.63, 3.8) is 0 Å². The average Bonchev–Trinajstić information content (AvgIpc) is 2.55. The topological polar surface area (TPSA) is 16.1 Å². The highest BCUT2D eigenvalue weighted by Gasteiger charge is 2.11. The molecule has 3 rings (SSSR count). The van der Waals surface area contributed by atoms with Gasteiger partial charge in [-0.15, -0.1) is 0 Å². The van der Waals surface area contributed by atoms with Gasteiger partial charge < -0.3 is 4.90 Å². The highest BCUT2D eigenvalue weighted by Crippen LogP contribution is 2.34. The smallest absolute Gasteiger partial charge is 0.0710 e. The Kier molecular flexibility index (Phi) is 3.92. The molecule has 0 saturated heterocycles. The molecule has 1 heterocycles. The quantitative estimate of drug-likeness (QED) is 0.689. The van der Waals surface area contributed by atoms with Crippen LogP contribution >= 0.6 is 0 Å². The largest absolute Gasteiger partial charge is 0.378 e. The highest BCUT2D eigenvalue weighted by atomic mass is 15.1. The molecule has 0 aliphatic rings. The summed E-state index contributed by atoms with van der Waals surface area (Å²) in [5, 5.41) is 0. The fourth-order valence-corrected chi connectivity index (χ4v) is 2.70. The Bertz CT molecular complexity index is 759. The number of rotatable bonds is 3. The van der Waals surface area contributed by atoms with Crippen LogP contribution in [0.2, 0.25) is 0 Å². The number of hydrogen-bond acceptors (Lipinski definition) is 2. The zero-order valence-corrected chi connectivity index (χ0v) is 13.2. The Morgan fingerprint density at radius 2 is 1.59 bits per heavy atom. The summed E-state index contributed by atoms with van der Waals surface area (Å²) in [4.78, 5) is 6.64. The molecule has 110 valence electrons. The fourth-order valence-electron chi connectivity index (χ4n) is 2.70. The van der Waals surface area contributed by atoms with Crippen LogP contribution in [0.3, 0.4) is 0 Å². The van der Waals surface area contributed by atoms with Crippen molar-refractivity contribution >= 4 is 5.69 Å². The van der Waals surface area contributed by atoms with E-state index >= 15 is 0 Å². The molecule has 0 atom stereocenters. The van der Waals surface area contributed by atoms with Gasteiger partial charge in [-0.2, -0.15) is 0 Å². The molecule has 22 heavy (non-hydrogen) atoms. The Labute approximate surface area is 132 Å². The second-order valence-electron chi connectivity index (χ2n) is 5.65. The Morgan fingerprint density at radius 3 is 2.23 bits per heavy atom. The second-order valence-corrected chi connectivity index (χ2v) is 5.65. The molecule has 0 radical (unpaired) electrons. The minimum Gasteiger partial charge on any atom is -0.378 e. The molecule has 0 amide bonds. The van der Waals surface area contributed by atoms with Crippen LogP contribution in [0.5, 0.6) is 0 Å². The van der Waals surface area contributed by atoms with Crippen LogP contribution in [-0.2, 0) is 0 Å². The number of anilines is 1. The molecule has 1 aromatic heterocycles. The van der Waals surface area contributed by atoms with E-state index in [1.54, 1.807) is 0 Å². The van der Waals surface area contributed by atoms with Gasteiger partial charge in [0.1, 0.15) is 0 Å². The first kappa shape index (κ1) is 14.3. The first-order chi connectivity index (χ1) is 10.7. The van der Waals surface area contributed by atoms with Gasteiger partial charge in [0.25, 0.3) is 0 Å². The van der Waals surface area contributed by atoms with E-state index in [9.17, 15) is 0 Å². The third-order valence-corrected chi connectivity index (χ3v) is 3.89. The second kappa shape index (κ2) is 6.02. The van der Waals surface area contributed by atoms with Crippen molar-refractivity contribution in [2.45, 2.75) is 6.92 Å². The molecular weight excluding hydrogens is 268 g/mol. The summed E-state index contributed by atoms with van der Waals surface area (Å²) in [5.74, 6) is 0. The van der Waals surface area contributed by atoms with Crippen LogP contribution in [-0.4, -0.2) is 19.1 Å². The minimum absolute atomic E-state index is 1.02. The van der Waals surface area contributed by atoms with Gasteiger partial charge in [0.05, 0.1) is 5.69 Å². The normalized spacial score (nSPS) is 10.5. The van der Waals surface area contributed by atoms with Crippen LogP contribution in [0.25, 0.3) is 22.4 Å².